The Morgan fingerprint density at radius 3 is 2.62 bits per heavy atom. The van der Waals surface area contributed by atoms with Crippen LogP contribution in [0.3, 0.4) is 0 Å². The van der Waals surface area contributed by atoms with Crippen molar-refractivity contribution in [2.24, 2.45) is 0 Å². The Labute approximate surface area is 121 Å². The van der Waals surface area contributed by atoms with Crippen molar-refractivity contribution in [2.45, 2.75) is 13.8 Å². The zero-order valence-electron chi connectivity index (χ0n) is 11.7. The molecule has 1 heterocycles. The van der Waals surface area contributed by atoms with Gasteiger partial charge in [0.05, 0.1) is 0 Å². The molecule has 1 aromatic heterocycles. The highest BCUT2D eigenvalue weighted by atomic mass is 19.1. The number of aryl methyl sites for hydroxylation is 1. The second kappa shape index (κ2) is 4.97. The van der Waals surface area contributed by atoms with Crippen molar-refractivity contribution in [1.82, 2.24) is 20.2 Å². The van der Waals surface area contributed by atoms with Gasteiger partial charge >= 0.3 is 0 Å². The summed E-state index contributed by atoms with van der Waals surface area (Å²) >= 11 is 0. The van der Waals surface area contributed by atoms with Gasteiger partial charge in [0.15, 0.2) is 5.82 Å². The molecule has 0 radical (unpaired) electrons. The molecule has 0 amide bonds. The third kappa shape index (κ3) is 2.14. The predicted octanol–water partition coefficient (Wildman–Crippen LogP) is 2.67. The van der Waals surface area contributed by atoms with Crippen LogP contribution >= 0.6 is 0 Å². The van der Waals surface area contributed by atoms with E-state index >= 15 is 0 Å². The highest BCUT2D eigenvalue weighted by Gasteiger charge is 2.17. The number of nitrogen functional groups attached to an aromatic ring is 1. The number of hydrogen-bond donors (Lipinski definition) is 1. The van der Waals surface area contributed by atoms with Gasteiger partial charge in [0, 0.05) is 11.3 Å². The van der Waals surface area contributed by atoms with Gasteiger partial charge in [0.25, 0.3) is 0 Å². The van der Waals surface area contributed by atoms with Crippen LogP contribution < -0.4 is 5.73 Å². The molecule has 2 aromatic carbocycles. The van der Waals surface area contributed by atoms with Gasteiger partial charge in [-0.2, -0.15) is 4.68 Å². The van der Waals surface area contributed by atoms with E-state index in [0.717, 1.165) is 16.7 Å². The van der Waals surface area contributed by atoms with Crippen LogP contribution in [0, 0.1) is 19.7 Å². The van der Waals surface area contributed by atoms with Gasteiger partial charge in [0.2, 0.25) is 0 Å². The van der Waals surface area contributed by atoms with Gasteiger partial charge in [-0.3, -0.25) is 0 Å². The van der Waals surface area contributed by atoms with Crippen LogP contribution in [0.1, 0.15) is 11.1 Å². The molecular weight excluding hydrogens is 269 g/mol. The first-order chi connectivity index (χ1) is 10.1. The van der Waals surface area contributed by atoms with Crippen molar-refractivity contribution in [2.75, 3.05) is 5.73 Å². The molecule has 0 aliphatic carbocycles. The van der Waals surface area contributed by atoms with Crippen molar-refractivity contribution in [3.63, 3.8) is 0 Å². The van der Waals surface area contributed by atoms with Crippen LogP contribution in [-0.2, 0) is 0 Å². The van der Waals surface area contributed by atoms with Crippen molar-refractivity contribution >= 4 is 5.69 Å². The van der Waals surface area contributed by atoms with Crippen LogP contribution in [0.4, 0.5) is 10.1 Å². The molecule has 6 heteroatoms. The number of aromatic nitrogens is 4. The summed E-state index contributed by atoms with van der Waals surface area (Å²) in [6.07, 6.45) is 0. The average molecular weight is 283 g/mol. The summed E-state index contributed by atoms with van der Waals surface area (Å²) in [6.45, 7) is 3.70. The van der Waals surface area contributed by atoms with E-state index in [0.29, 0.717) is 17.2 Å². The van der Waals surface area contributed by atoms with Gasteiger partial charge in [-0.15, -0.1) is 5.10 Å². The van der Waals surface area contributed by atoms with E-state index in [-0.39, 0.29) is 5.82 Å². The minimum atomic E-state index is -0.370. The molecule has 5 nitrogen and oxygen atoms in total. The fourth-order valence-corrected chi connectivity index (χ4v) is 2.29. The van der Waals surface area contributed by atoms with Gasteiger partial charge in [-0.1, -0.05) is 24.3 Å². The molecule has 3 rings (SSSR count). The number of benzene rings is 2. The van der Waals surface area contributed by atoms with Crippen LogP contribution in [-0.4, -0.2) is 20.2 Å². The molecular formula is C15H14FN5. The fraction of sp³-hybridized carbons (Fsp3) is 0.133. The summed E-state index contributed by atoms with van der Waals surface area (Å²) in [5.74, 6) is 0.0955. The van der Waals surface area contributed by atoms with Gasteiger partial charge in [-0.25, -0.2) is 4.39 Å². The molecule has 0 saturated carbocycles. The molecule has 0 atom stereocenters. The normalized spacial score (nSPS) is 10.8. The van der Waals surface area contributed by atoms with Crippen LogP contribution in [0.25, 0.3) is 17.1 Å². The Balaban J connectivity index is 2.25. The maximum atomic E-state index is 14.1. The Hall–Kier alpha value is -2.76. The van der Waals surface area contributed by atoms with Gasteiger partial charge in [0.1, 0.15) is 11.5 Å². The lowest BCUT2D eigenvalue weighted by atomic mass is 10.1. The third-order valence-electron chi connectivity index (χ3n) is 3.49. The number of nitrogens with zero attached hydrogens (tertiary/aromatic N) is 4. The van der Waals surface area contributed by atoms with E-state index in [2.05, 4.69) is 15.5 Å². The van der Waals surface area contributed by atoms with E-state index in [4.69, 9.17) is 5.73 Å². The molecule has 0 aliphatic heterocycles. The summed E-state index contributed by atoms with van der Waals surface area (Å²) in [4.78, 5) is 0. The number of tetrazole rings is 1. The lowest BCUT2D eigenvalue weighted by Crippen LogP contribution is -2.06. The number of anilines is 1. The second-order valence-corrected chi connectivity index (χ2v) is 4.84. The maximum absolute atomic E-state index is 14.1. The number of nitrogens with two attached hydrogens (primary N) is 1. The standard InChI is InChI=1S/C15H14FN5/c1-9-5-3-7-12(16)14(9)21-15(18-19-20-21)11-6-4-8-13(17)10(11)2/h3-8H,17H2,1-2H3. The number of para-hydroxylation sites is 1. The summed E-state index contributed by atoms with van der Waals surface area (Å²) in [5, 5.41) is 11.6. The molecule has 0 fully saturated rings. The molecule has 0 unspecified atom stereocenters. The van der Waals surface area contributed by atoms with Crippen LogP contribution in [0.5, 0.6) is 0 Å². The molecule has 106 valence electrons. The van der Waals surface area contributed by atoms with E-state index < -0.39 is 0 Å². The summed E-state index contributed by atoms with van der Waals surface area (Å²) in [6, 6.07) is 10.4. The minimum Gasteiger partial charge on any atom is -0.398 e. The summed E-state index contributed by atoms with van der Waals surface area (Å²) in [5.41, 5.74) is 9.31. The van der Waals surface area contributed by atoms with Crippen molar-refractivity contribution in [3.05, 3.63) is 53.3 Å². The molecule has 2 N–H and O–H groups in total. The van der Waals surface area contributed by atoms with Gasteiger partial charge < -0.3 is 5.73 Å². The Morgan fingerprint density at radius 1 is 1.10 bits per heavy atom. The largest absolute Gasteiger partial charge is 0.398 e. The minimum absolute atomic E-state index is 0.347. The van der Waals surface area contributed by atoms with E-state index in [9.17, 15) is 4.39 Å². The number of hydrogen-bond acceptors (Lipinski definition) is 4. The van der Waals surface area contributed by atoms with E-state index in [1.807, 2.05) is 32.0 Å². The lowest BCUT2D eigenvalue weighted by Gasteiger charge is -2.11. The molecule has 0 spiro atoms. The van der Waals surface area contributed by atoms with Crippen LogP contribution in [0.15, 0.2) is 36.4 Å². The topological polar surface area (TPSA) is 69.6 Å². The van der Waals surface area contributed by atoms with Crippen molar-refractivity contribution in [3.8, 4) is 17.1 Å². The Kier molecular flexibility index (Phi) is 3.13. The quantitative estimate of drug-likeness (QED) is 0.734. The fourth-order valence-electron chi connectivity index (χ4n) is 2.29. The van der Waals surface area contributed by atoms with E-state index in [1.54, 1.807) is 12.1 Å². The van der Waals surface area contributed by atoms with Crippen molar-refractivity contribution in [1.29, 1.82) is 0 Å². The van der Waals surface area contributed by atoms with Gasteiger partial charge in [-0.05, 0) is 47.5 Å². The monoisotopic (exact) mass is 283 g/mol. The van der Waals surface area contributed by atoms with E-state index in [1.165, 1.54) is 10.7 Å². The third-order valence-corrected chi connectivity index (χ3v) is 3.49. The van der Waals surface area contributed by atoms with Crippen LogP contribution in [0.2, 0.25) is 0 Å². The first kappa shape index (κ1) is 13.2. The zero-order valence-corrected chi connectivity index (χ0v) is 11.7. The smallest absolute Gasteiger partial charge is 0.187 e. The maximum Gasteiger partial charge on any atom is 0.187 e. The Bertz CT molecular complexity index is 789. The molecule has 0 saturated heterocycles. The summed E-state index contributed by atoms with van der Waals surface area (Å²) in [7, 11) is 0. The second-order valence-electron chi connectivity index (χ2n) is 4.84. The SMILES string of the molecule is Cc1cccc(F)c1-n1nnnc1-c1cccc(N)c1C. The van der Waals surface area contributed by atoms with Crippen molar-refractivity contribution < 1.29 is 4.39 Å². The zero-order chi connectivity index (χ0) is 15.0. The molecule has 0 aliphatic rings. The molecule has 0 bridgehead atoms. The molecule has 3 aromatic rings. The highest BCUT2D eigenvalue weighted by molar-refractivity contribution is 5.69. The first-order valence-corrected chi connectivity index (χ1v) is 6.49. The molecule has 21 heavy (non-hydrogen) atoms. The predicted molar refractivity (Wildman–Crippen MR) is 78.4 cm³/mol. The number of rotatable bonds is 2. The highest BCUT2D eigenvalue weighted by Crippen LogP contribution is 2.28. The summed E-state index contributed by atoms with van der Waals surface area (Å²) < 4.78 is 15.6. The first-order valence-electron chi connectivity index (χ1n) is 6.49. The number of halogens is 1. The average Bonchev–Trinajstić information content (AvgIpc) is 2.91. The lowest BCUT2D eigenvalue weighted by molar-refractivity contribution is 0.606. The Morgan fingerprint density at radius 2 is 1.86 bits per heavy atom.